The van der Waals surface area contributed by atoms with Gasteiger partial charge < -0.3 is 21.5 Å². The van der Waals surface area contributed by atoms with E-state index in [1.807, 2.05) is 30.3 Å². The normalized spacial score (nSPS) is 10.7. The Hall–Kier alpha value is -4.46. The summed E-state index contributed by atoms with van der Waals surface area (Å²) in [5, 5.41) is 3.27. The Morgan fingerprint density at radius 2 is 1.74 bits per heavy atom. The lowest BCUT2D eigenvalue weighted by Gasteiger charge is -2.11. The second kappa shape index (κ2) is 11.1. The Morgan fingerprint density at radius 1 is 0.971 bits per heavy atom. The van der Waals surface area contributed by atoms with Crippen LogP contribution in [0, 0.1) is 0 Å². The van der Waals surface area contributed by atoms with E-state index in [1.54, 1.807) is 18.3 Å². The Labute approximate surface area is 204 Å². The first kappa shape index (κ1) is 23.7. The lowest BCUT2D eigenvalue weighted by atomic mass is 10.0. The first-order valence-corrected chi connectivity index (χ1v) is 11.5. The van der Waals surface area contributed by atoms with Crippen LogP contribution in [-0.4, -0.2) is 20.9 Å². The maximum atomic E-state index is 11.1. The van der Waals surface area contributed by atoms with Crippen molar-refractivity contribution in [1.29, 1.82) is 0 Å². The van der Waals surface area contributed by atoms with Crippen molar-refractivity contribution >= 4 is 23.4 Å². The summed E-state index contributed by atoms with van der Waals surface area (Å²) in [5.74, 6) is 1.57. The van der Waals surface area contributed by atoms with Gasteiger partial charge in [-0.2, -0.15) is 4.98 Å². The molecule has 0 atom stereocenters. The van der Waals surface area contributed by atoms with Crippen LogP contribution in [0.25, 0.3) is 11.3 Å². The zero-order chi connectivity index (χ0) is 24.6. The van der Waals surface area contributed by atoms with E-state index in [0.29, 0.717) is 23.0 Å². The molecule has 2 aromatic carbocycles. The zero-order valence-corrected chi connectivity index (χ0v) is 19.6. The van der Waals surface area contributed by atoms with Gasteiger partial charge in [-0.3, -0.25) is 9.78 Å². The predicted molar refractivity (Wildman–Crippen MR) is 137 cm³/mol. The summed E-state index contributed by atoms with van der Waals surface area (Å²) in [6, 6.07) is 21.1. The number of pyridine rings is 1. The topological polar surface area (TPSA) is 129 Å². The molecule has 35 heavy (non-hydrogen) atoms. The van der Waals surface area contributed by atoms with Gasteiger partial charge in [0, 0.05) is 29.6 Å². The molecule has 0 bridgehead atoms. The van der Waals surface area contributed by atoms with Crippen molar-refractivity contribution in [3.63, 3.8) is 0 Å². The fraction of sp³-hybridized carbons (Fsp3) is 0.185. The number of benzene rings is 2. The number of ether oxygens (including phenoxy) is 1. The molecule has 4 aromatic rings. The van der Waals surface area contributed by atoms with Gasteiger partial charge in [0.25, 0.3) is 0 Å². The van der Waals surface area contributed by atoms with Gasteiger partial charge >= 0.3 is 0 Å². The summed E-state index contributed by atoms with van der Waals surface area (Å²) < 4.78 is 5.87. The quantitative estimate of drug-likeness (QED) is 0.298. The number of aromatic nitrogens is 3. The van der Waals surface area contributed by atoms with Crippen molar-refractivity contribution in [3.8, 4) is 22.8 Å². The van der Waals surface area contributed by atoms with Crippen LogP contribution >= 0.6 is 0 Å². The number of hydrogen-bond donors (Lipinski definition) is 3. The van der Waals surface area contributed by atoms with Crippen LogP contribution in [-0.2, 0) is 17.6 Å². The Morgan fingerprint density at radius 3 is 2.46 bits per heavy atom. The van der Waals surface area contributed by atoms with Crippen LogP contribution in [0.15, 0.2) is 72.9 Å². The minimum Gasteiger partial charge on any atom is -0.457 e. The van der Waals surface area contributed by atoms with Crippen molar-refractivity contribution < 1.29 is 9.53 Å². The number of hydrogen-bond acceptors (Lipinski definition) is 7. The molecule has 0 aliphatic heterocycles. The predicted octanol–water partition coefficient (Wildman–Crippen LogP) is 5.03. The van der Waals surface area contributed by atoms with E-state index in [2.05, 4.69) is 51.5 Å². The second-order valence-corrected chi connectivity index (χ2v) is 8.17. The zero-order valence-electron chi connectivity index (χ0n) is 19.6. The number of unbranched alkanes of at least 4 members (excludes halogenated alkanes) is 1. The minimum absolute atomic E-state index is 0.0626. The number of nitrogens with zero attached hydrogens (tertiary/aromatic N) is 3. The second-order valence-electron chi connectivity index (χ2n) is 8.17. The highest BCUT2D eigenvalue weighted by Crippen LogP contribution is 2.26. The van der Waals surface area contributed by atoms with Crippen LogP contribution in [0.1, 0.15) is 31.0 Å². The average Bonchev–Trinajstić information content (AvgIpc) is 2.84. The van der Waals surface area contributed by atoms with E-state index in [9.17, 15) is 4.79 Å². The van der Waals surface area contributed by atoms with Gasteiger partial charge in [-0.25, -0.2) is 4.98 Å². The molecule has 0 saturated carbocycles. The summed E-state index contributed by atoms with van der Waals surface area (Å²) in [7, 11) is 0. The van der Waals surface area contributed by atoms with Gasteiger partial charge in [0.1, 0.15) is 17.3 Å². The molecule has 8 nitrogen and oxygen atoms in total. The van der Waals surface area contributed by atoms with Gasteiger partial charge in [0.05, 0.1) is 17.8 Å². The summed E-state index contributed by atoms with van der Waals surface area (Å²) in [4.78, 5) is 23.9. The number of anilines is 3. The molecule has 0 aliphatic carbocycles. The molecule has 0 fully saturated rings. The van der Waals surface area contributed by atoms with Crippen LogP contribution in [0.3, 0.4) is 0 Å². The maximum absolute atomic E-state index is 11.1. The van der Waals surface area contributed by atoms with Gasteiger partial charge in [-0.1, -0.05) is 37.6 Å². The van der Waals surface area contributed by atoms with Gasteiger partial charge in [-0.15, -0.1) is 0 Å². The lowest BCUT2D eigenvalue weighted by molar-refractivity contribution is -0.117. The number of amides is 1. The summed E-state index contributed by atoms with van der Waals surface area (Å²) in [6.07, 6.45) is 5.07. The number of carbonyl (C=O) groups excluding carboxylic acids is 1. The van der Waals surface area contributed by atoms with E-state index in [0.717, 1.165) is 23.4 Å². The van der Waals surface area contributed by atoms with Crippen LogP contribution in [0.4, 0.5) is 17.5 Å². The van der Waals surface area contributed by atoms with E-state index in [4.69, 9.17) is 16.2 Å². The molecule has 178 valence electrons. The lowest BCUT2D eigenvalue weighted by Crippen LogP contribution is -2.14. The fourth-order valence-electron chi connectivity index (χ4n) is 3.59. The molecule has 0 radical (unpaired) electrons. The number of nitrogens with two attached hydrogens (primary N) is 2. The molecule has 4 rings (SSSR count). The molecule has 0 unspecified atom stereocenters. The van der Waals surface area contributed by atoms with Gasteiger partial charge in [-0.05, 0) is 48.7 Å². The van der Waals surface area contributed by atoms with Gasteiger partial charge in [0.2, 0.25) is 11.9 Å². The van der Waals surface area contributed by atoms with Crippen molar-refractivity contribution in [3.05, 3.63) is 84.2 Å². The third kappa shape index (κ3) is 6.77. The Kier molecular flexibility index (Phi) is 7.52. The monoisotopic (exact) mass is 468 g/mol. The van der Waals surface area contributed by atoms with Crippen molar-refractivity contribution in [2.24, 2.45) is 5.73 Å². The largest absolute Gasteiger partial charge is 0.457 e. The SMILES string of the molecule is CCCCc1ccc(-c2cc(Nc3ccc(Oc4ccnc(CC(N)=O)c4)cc3)nc(N)n2)cc1. The van der Waals surface area contributed by atoms with E-state index < -0.39 is 5.91 Å². The highest BCUT2D eigenvalue weighted by molar-refractivity contribution is 5.76. The Bertz CT molecular complexity index is 1290. The molecule has 1 amide bonds. The first-order chi connectivity index (χ1) is 17.0. The first-order valence-electron chi connectivity index (χ1n) is 11.5. The number of nitrogen functional groups attached to an aromatic ring is 1. The summed E-state index contributed by atoms with van der Waals surface area (Å²) in [6.45, 7) is 2.19. The third-order valence-electron chi connectivity index (χ3n) is 5.32. The summed E-state index contributed by atoms with van der Waals surface area (Å²) in [5.41, 5.74) is 15.7. The standard InChI is InChI=1S/C27H28N6O2/c1-2-3-4-18-5-7-19(8-6-18)24-17-26(33-27(29)32-24)31-20-9-11-22(12-10-20)35-23-13-14-30-21(15-23)16-25(28)34/h5-15,17H,2-4,16H2,1H3,(H2,28,34)(H3,29,31,32,33). The molecular weight excluding hydrogens is 440 g/mol. The van der Waals surface area contributed by atoms with Crippen molar-refractivity contribution in [1.82, 2.24) is 15.0 Å². The number of rotatable bonds is 10. The smallest absolute Gasteiger partial charge is 0.223 e. The summed E-state index contributed by atoms with van der Waals surface area (Å²) >= 11 is 0. The van der Waals surface area contributed by atoms with E-state index in [-0.39, 0.29) is 12.4 Å². The highest BCUT2D eigenvalue weighted by Gasteiger charge is 2.07. The number of primary amides is 1. The Balaban J connectivity index is 1.44. The fourth-order valence-corrected chi connectivity index (χ4v) is 3.59. The molecule has 2 heterocycles. The van der Waals surface area contributed by atoms with Crippen LogP contribution in [0.2, 0.25) is 0 Å². The van der Waals surface area contributed by atoms with Crippen molar-refractivity contribution in [2.45, 2.75) is 32.6 Å². The molecule has 8 heteroatoms. The molecule has 0 saturated heterocycles. The third-order valence-corrected chi connectivity index (χ3v) is 5.32. The number of carbonyl (C=O) groups is 1. The van der Waals surface area contributed by atoms with E-state index in [1.165, 1.54) is 18.4 Å². The molecule has 0 spiro atoms. The number of nitrogens with one attached hydrogen (secondary N) is 1. The highest BCUT2D eigenvalue weighted by atomic mass is 16.5. The van der Waals surface area contributed by atoms with Crippen LogP contribution in [0.5, 0.6) is 11.5 Å². The average molecular weight is 469 g/mol. The van der Waals surface area contributed by atoms with Gasteiger partial charge in [0.15, 0.2) is 0 Å². The molecule has 2 aromatic heterocycles. The molecular formula is C27H28N6O2. The number of aryl methyl sites for hydroxylation is 1. The van der Waals surface area contributed by atoms with E-state index >= 15 is 0 Å². The van der Waals surface area contributed by atoms with Crippen LogP contribution < -0.4 is 21.5 Å². The molecule has 0 aliphatic rings. The molecule has 5 N–H and O–H groups in total. The van der Waals surface area contributed by atoms with Crippen molar-refractivity contribution in [2.75, 3.05) is 11.1 Å². The maximum Gasteiger partial charge on any atom is 0.223 e. The minimum atomic E-state index is -0.442.